The molecule has 0 radical (unpaired) electrons. The van der Waals surface area contributed by atoms with Gasteiger partial charge in [-0.2, -0.15) is 0 Å². The van der Waals surface area contributed by atoms with E-state index in [1.165, 1.54) is 6.26 Å². The number of nitrogens with zero attached hydrogens (tertiary/aromatic N) is 2. The van der Waals surface area contributed by atoms with Crippen molar-refractivity contribution in [3.05, 3.63) is 66.3 Å². The van der Waals surface area contributed by atoms with Crippen molar-refractivity contribution in [3.63, 3.8) is 0 Å². The minimum atomic E-state index is -3.59. The van der Waals surface area contributed by atoms with Gasteiger partial charge in [-0.15, -0.1) is 0 Å². The van der Waals surface area contributed by atoms with Crippen LogP contribution in [0.4, 0.5) is 0 Å². The van der Waals surface area contributed by atoms with Crippen molar-refractivity contribution >= 4 is 36.7 Å². The Hall–Kier alpha value is -2.30. The van der Waals surface area contributed by atoms with Gasteiger partial charge in [-0.3, -0.25) is 19.5 Å². The van der Waals surface area contributed by atoms with E-state index in [1.54, 1.807) is 18.2 Å². The SMILES string of the molecule is CS(=O)(=O)c1nc2c(c(=O)[nH]1)CN(Cc1coc3ccc(Br)cc3c1=O)CC2. The molecule has 0 saturated carbocycles. The molecule has 0 unspecified atom stereocenters. The molecule has 0 bridgehead atoms. The molecule has 3 heterocycles. The van der Waals surface area contributed by atoms with Crippen molar-refractivity contribution < 1.29 is 12.8 Å². The van der Waals surface area contributed by atoms with Gasteiger partial charge in [-0.05, 0) is 18.2 Å². The molecule has 0 amide bonds. The van der Waals surface area contributed by atoms with Gasteiger partial charge >= 0.3 is 0 Å². The highest BCUT2D eigenvalue weighted by molar-refractivity contribution is 9.10. The lowest BCUT2D eigenvalue weighted by molar-refractivity contribution is 0.238. The number of nitrogens with one attached hydrogen (secondary N) is 1. The maximum Gasteiger partial charge on any atom is 0.256 e. The highest BCUT2D eigenvalue weighted by Crippen LogP contribution is 2.20. The molecule has 8 nitrogen and oxygen atoms in total. The molecule has 1 aromatic carbocycles. The molecular formula is C18H16BrN3O5S. The van der Waals surface area contributed by atoms with Gasteiger partial charge in [0.2, 0.25) is 15.0 Å². The van der Waals surface area contributed by atoms with Crippen LogP contribution < -0.4 is 11.0 Å². The van der Waals surface area contributed by atoms with E-state index < -0.39 is 15.4 Å². The average molecular weight is 466 g/mol. The van der Waals surface area contributed by atoms with Crippen LogP contribution in [-0.4, -0.2) is 36.1 Å². The molecule has 10 heteroatoms. The molecule has 2 aromatic heterocycles. The van der Waals surface area contributed by atoms with Crippen LogP contribution in [0.15, 0.2) is 48.1 Å². The quantitative estimate of drug-likeness (QED) is 0.584. The monoisotopic (exact) mass is 465 g/mol. The van der Waals surface area contributed by atoms with Crippen LogP contribution >= 0.6 is 15.9 Å². The van der Waals surface area contributed by atoms with E-state index in [0.717, 1.165) is 10.7 Å². The van der Waals surface area contributed by atoms with E-state index in [-0.39, 0.29) is 17.1 Å². The first-order valence-corrected chi connectivity index (χ1v) is 11.2. The Kier molecular flexibility index (Phi) is 4.72. The van der Waals surface area contributed by atoms with E-state index in [2.05, 4.69) is 25.9 Å². The van der Waals surface area contributed by atoms with Crippen molar-refractivity contribution in [3.8, 4) is 0 Å². The second-order valence-corrected chi connectivity index (χ2v) is 9.61. The topological polar surface area (TPSA) is 113 Å². The fourth-order valence-corrected chi connectivity index (χ4v) is 4.18. The first-order valence-electron chi connectivity index (χ1n) is 8.47. The standard InChI is InChI=1S/C18H16BrN3O5S/c1-28(25,26)18-20-14-4-5-22(8-13(14)17(24)21-18)7-10-9-27-15-3-2-11(19)6-12(15)16(10)23/h2-3,6,9H,4-5,7-8H2,1H3,(H,20,21,24). The number of aromatic amines is 1. The summed E-state index contributed by atoms with van der Waals surface area (Å²) in [7, 11) is -3.59. The Balaban J connectivity index is 1.64. The third kappa shape index (κ3) is 3.54. The number of hydrogen-bond acceptors (Lipinski definition) is 7. The number of fused-ring (bicyclic) bond motifs is 2. The van der Waals surface area contributed by atoms with Crippen molar-refractivity contribution in [1.29, 1.82) is 0 Å². The molecular weight excluding hydrogens is 450 g/mol. The third-order valence-corrected chi connectivity index (χ3v) is 6.07. The Bertz CT molecular complexity index is 1310. The van der Waals surface area contributed by atoms with Crippen molar-refractivity contribution in [1.82, 2.24) is 14.9 Å². The average Bonchev–Trinajstić information content (AvgIpc) is 2.64. The molecule has 3 aromatic rings. The first kappa shape index (κ1) is 19.0. The number of halogens is 1. The Morgan fingerprint density at radius 2 is 2.11 bits per heavy atom. The predicted molar refractivity (Wildman–Crippen MR) is 106 cm³/mol. The van der Waals surface area contributed by atoms with E-state index in [0.29, 0.717) is 47.3 Å². The van der Waals surface area contributed by atoms with E-state index >= 15 is 0 Å². The maximum atomic E-state index is 12.8. The largest absolute Gasteiger partial charge is 0.464 e. The molecule has 0 fully saturated rings. The lowest BCUT2D eigenvalue weighted by Crippen LogP contribution is -2.37. The van der Waals surface area contributed by atoms with Crippen LogP contribution in [0.3, 0.4) is 0 Å². The lowest BCUT2D eigenvalue weighted by atomic mass is 10.1. The van der Waals surface area contributed by atoms with E-state index in [4.69, 9.17) is 4.42 Å². The van der Waals surface area contributed by atoms with Crippen LogP contribution in [0.5, 0.6) is 0 Å². The summed E-state index contributed by atoms with van der Waals surface area (Å²) in [6.07, 6.45) is 2.87. The second-order valence-electron chi connectivity index (χ2n) is 6.76. The minimum absolute atomic E-state index is 0.118. The smallest absolute Gasteiger partial charge is 0.256 e. The Morgan fingerprint density at radius 1 is 1.32 bits per heavy atom. The molecule has 1 aliphatic rings. The number of H-pyrrole nitrogens is 1. The number of sulfone groups is 1. The zero-order valence-corrected chi connectivity index (χ0v) is 17.3. The first-order chi connectivity index (χ1) is 13.2. The number of aromatic nitrogens is 2. The van der Waals surface area contributed by atoms with E-state index in [9.17, 15) is 18.0 Å². The molecule has 0 atom stereocenters. The molecule has 1 aliphatic heterocycles. The summed E-state index contributed by atoms with van der Waals surface area (Å²) < 4.78 is 29.7. The molecule has 0 aliphatic carbocycles. The number of hydrogen-bond donors (Lipinski definition) is 1. The summed E-state index contributed by atoms with van der Waals surface area (Å²) in [5.74, 6) is 0. The Labute approximate surface area is 168 Å². The molecule has 146 valence electrons. The second kappa shape index (κ2) is 6.94. The van der Waals surface area contributed by atoms with Gasteiger partial charge in [0.1, 0.15) is 5.58 Å². The van der Waals surface area contributed by atoms with Crippen LogP contribution in [0.1, 0.15) is 16.8 Å². The van der Waals surface area contributed by atoms with Crippen LogP contribution in [-0.2, 0) is 29.3 Å². The van der Waals surface area contributed by atoms with Gasteiger partial charge in [0.05, 0.1) is 22.9 Å². The van der Waals surface area contributed by atoms with Crippen LogP contribution in [0.25, 0.3) is 11.0 Å². The number of benzene rings is 1. The van der Waals surface area contributed by atoms with Gasteiger partial charge in [0, 0.05) is 42.3 Å². The minimum Gasteiger partial charge on any atom is -0.464 e. The predicted octanol–water partition coefficient (Wildman–Crippen LogP) is 1.60. The molecule has 1 N–H and O–H groups in total. The van der Waals surface area contributed by atoms with Gasteiger partial charge in [-0.25, -0.2) is 13.4 Å². The van der Waals surface area contributed by atoms with Crippen molar-refractivity contribution in [2.24, 2.45) is 0 Å². The zero-order chi connectivity index (χ0) is 20.1. The number of rotatable bonds is 3. The van der Waals surface area contributed by atoms with Crippen LogP contribution in [0, 0.1) is 0 Å². The normalized spacial score (nSPS) is 14.9. The highest BCUT2D eigenvalue weighted by atomic mass is 79.9. The summed E-state index contributed by atoms with van der Waals surface area (Å²) in [6.45, 7) is 1.14. The fourth-order valence-electron chi connectivity index (χ4n) is 3.26. The zero-order valence-electron chi connectivity index (χ0n) is 14.9. The van der Waals surface area contributed by atoms with Crippen LogP contribution in [0.2, 0.25) is 0 Å². The Morgan fingerprint density at radius 3 is 2.86 bits per heavy atom. The summed E-state index contributed by atoms with van der Waals surface area (Å²) in [4.78, 5) is 33.5. The molecule has 0 spiro atoms. The molecule has 4 rings (SSSR count). The maximum absolute atomic E-state index is 12.8. The molecule has 28 heavy (non-hydrogen) atoms. The summed E-state index contributed by atoms with van der Waals surface area (Å²) >= 11 is 3.36. The van der Waals surface area contributed by atoms with E-state index in [1.807, 2.05) is 4.90 Å². The van der Waals surface area contributed by atoms with Crippen molar-refractivity contribution in [2.75, 3.05) is 12.8 Å². The van der Waals surface area contributed by atoms with Crippen molar-refractivity contribution in [2.45, 2.75) is 24.7 Å². The third-order valence-electron chi connectivity index (χ3n) is 4.68. The highest BCUT2D eigenvalue weighted by Gasteiger charge is 2.24. The van der Waals surface area contributed by atoms with Gasteiger partial charge in [0.15, 0.2) is 5.43 Å². The summed E-state index contributed by atoms with van der Waals surface area (Å²) in [5.41, 5.74) is 1.32. The molecule has 0 saturated heterocycles. The fraction of sp³-hybridized carbons (Fsp3) is 0.278. The lowest BCUT2D eigenvalue weighted by Gasteiger charge is -2.27. The van der Waals surface area contributed by atoms with Gasteiger partial charge in [0.25, 0.3) is 5.56 Å². The van der Waals surface area contributed by atoms with Gasteiger partial charge in [-0.1, -0.05) is 15.9 Å². The summed E-state index contributed by atoms with van der Waals surface area (Å²) in [6, 6.07) is 5.25. The summed E-state index contributed by atoms with van der Waals surface area (Å²) in [5, 5.41) is 0.173. The van der Waals surface area contributed by atoms with Gasteiger partial charge < -0.3 is 4.42 Å².